The van der Waals surface area contributed by atoms with Crippen LogP contribution >= 0.6 is 0 Å². The van der Waals surface area contributed by atoms with Gasteiger partial charge in [-0.3, -0.25) is 9.69 Å². The number of amides is 1. The van der Waals surface area contributed by atoms with E-state index in [4.69, 9.17) is 4.74 Å². The van der Waals surface area contributed by atoms with Crippen molar-refractivity contribution in [3.63, 3.8) is 0 Å². The van der Waals surface area contributed by atoms with Crippen LogP contribution in [0.5, 0.6) is 0 Å². The molecule has 1 N–H and O–H groups in total. The number of likely N-dealkylation sites (tertiary alicyclic amines) is 1. The van der Waals surface area contributed by atoms with Gasteiger partial charge in [-0.1, -0.05) is 54.6 Å². The summed E-state index contributed by atoms with van der Waals surface area (Å²) in [5.74, 6) is -0.965. The second-order valence-electron chi connectivity index (χ2n) is 7.41. The molecule has 0 aromatic heterocycles. The number of nitrogens with zero attached hydrogens (tertiary/aromatic N) is 1. The summed E-state index contributed by atoms with van der Waals surface area (Å²) in [5.41, 5.74) is 0.129. The van der Waals surface area contributed by atoms with Crippen molar-refractivity contribution in [3.05, 3.63) is 71.3 Å². The van der Waals surface area contributed by atoms with Crippen molar-refractivity contribution in [2.45, 2.75) is 32.3 Å². The van der Waals surface area contributed by atoms with E-state index in [-0.39, 0.29) is 26.1 Å². The van der Waals surface area contributed by atoms with E-state index >= 15 is 0 Å². The fourth-order valence-corrected chi connectivity index (χ4v) is 3.78. The van der Waals surface area contributed by atoms with Gasteiger partial charge in [0.15, 0.2) is 5.41 Å². The van der Waals surface area contributed by atoms with Crippen molar-refractivity contribution < 1.29 is 22.7 Å². The van der Waals surface area contributed by atoms with Crippen LogP contribution in [0.25, 0.3) is 0 Å². The summed E-state index contributed by atoms with van der Waals surface area (Å²) in [4.78, 5) is 14.5. The maximum atomic E-state index is 14.0. The third-order valence-corrected chi connectivity index (χ3v) is 5.43. The normalized spacial score (nSPS) is 20.0. The highest BCUT2D eigenvalue weighted by Gasteiger charge is 2.62. The molecule has 1 heterocycles. The fraction of sp³-hybridized carbons (Fsp3) is 0.409. The van der Waals surface area contributed by atoms with Gasteiger partial charge in [0.25, 0.3) is 0 Å². The second kappa shape index (κ2) is 8.97. The van der Waals surface area contributed by atoms with E-state index in [0.29, 0.717) is 13.2 Å². The molecular weight excluding hydrogens is 381 g/mol. The Kier molecular flexibility index (Phi) is 6.59. The van der Waals surface area contributed by atoms with Gasteiger partial charge in [-0.2, -0.15) is 13.2 Å². The number of rotatable bonds is 7. The predicted molar refractivity (Wildman–Crippen MR) is 104 cm³/mol. The molecule has 1 aliphatic rings. The van der Waals surface area contributed by atoms with Crippen LogP contribution in [-0.2, 0) is 29.2 Å². The lowest BCUT2D eigenvalue weighted by Crippen LogP contribution is -2.52. The standard InChI is InChI=1S/C22H25F3N2O2/c1-29-15-19-10-6-5-9-18(19)13-26-20(28)21(22(23,24)25)11-12-27(16-21)14-17-7-3-2-4-8-17/h2-10H,11-16H2,1H3,(H,26,28). The third-order valence-electron chi connectivity index (χ3n) is 5.43. The van der Waals surface area contributed by atoms with E-state index in [0.717, 1.165) is 16.7 Å². The van der Waals surface area contributed by atoms with Crippen LogP contribution in [0.4, 0.5) is 13.2 Å². The molecule has 0 saturated carbocycles. The monoisotopic (exact) mass is 406 g/mol. The van der Waals surface area contributed by atoms with Crippen molar-refractivity contribution in [1.82, 2.24) is 10.2 Å². The molecular formula is C22H25F3N2O2. The lowest BCUT2D eigenvalue weighted by atomic mass is 9.85. The van der Waals surface area contributed by atoms with Crippen LogP contribution in [0.3, 0.4) is 0 Å². The van der Waals surface area contributed by atoms with Crippen molar-refractivity contribution in [2.24, 2.45) is 5.41 Å². The minimum Gasteiger partial charge on any atom is -0.380 e. The highest BCUT2D eigenvalue weighted by molar-refractivity contribution is 5.84. The number of nitrogens with one attached hydrogen (secondary N) is 1. The zero-order valence-corrected chi connectivity index (χ0v) is 16.3. The van der Waals surface area contributed by atoms with E-state index in [1.165, 1.54) is 0 Å². The quantitative estimate of drug-likeness (QED) is 0.758. The molecule has 1 saturated heterocycles. The number of halogens is 3. The number of benzene rings is 2. The van der Waals surface area contributed by atoms with Crippen molar-refractivity contribution in [1.29, 1.82) is 0 Å². The zero-order chi connectivity index (χ0) is 20.9. The Morgan fingerprint density at radius 2 is 1.76 bits per heavy atom. The summed E-state index contributed by atoms with van der Waals surface area (Å²) in [7, 11) is 1.55. The Hall–Kier alpha value is -2.38. The van der Waals surface area contributed by atoms with E-state index in [9.17, 15) is 18.0 Å². The highest BCUT2D eigenvalue weighted by atomic mass is 19.4. The number of alkyl halides is 3. The van der Waals surface area contributed by atoms with Gasteiger partial charge < -0.3 is 10.1 Å². The first-order valence-corrected chi connectivity index (χ1v) is 9.53. The average Bonchev–Trinajstić information content (AvgIpc) is 3.13. The third kappa shape index (κ3) is 4.79. The molecule has 1 aliphatic heterocycles. The predicted octanol–water partition coefficient (Wildman–Crippen LogP) is 3.90. The SMILES string of the molecule is COCc1ccccc1CNC(=O)C1(C(F)(F)F)CCN(Cc2ccccc2)C1. The first-order chi connectivity index (χ1) is 13.9. The number of hydrogen-bond donors (Lipinski definition) is 1. The van der Waals surface area contributed by atoms with Crippen molar-refractivity contribution in [2.75, 3.05) is 20.2 Å². The average molecular weight is 406 g/mol. The lowest BCUT2D eigenvalue weighted by Gasteiger charge is -2.30. The van der Waals surface area contributed by atoms with Crippen LogP contribution in [0.15, 0.2) is 54.6 Å². The summed E-state index contributed by atoms with van der Waals surface area (Å²) in [6, 6.07) is 16.6. The minimum atomic E-state index is -4.62. The number of hydrogen-bond acceptors (Lipinski definition) is 3. The summed E-state index contributed by atoms with van der Waals surface area (Å²) >= 11 is 0. The molecule has 7 heteroatoms. The molecule has 0 spiro atoms. The molecule has 1 amide bonds. The smallest absolute Gasteiger partial charge is 0.380 e. The van der Waals surface area contributed by atoms with Crippen LogP contribution < -0.4 is 5.32 Å². The van der Waals surface area contributed by atoms with Gasteiger partial charge in [-0.05, 0) is 29.7 Å². The number of ether oxygens (including phenoxy) is 1. The molecule has 0 radical (unpaired) electrons. The van der Waals surface area contributed by atoms with Crippen molar-refractivity contribution >= 4 is 5.91 Å². The Balaban J connectivity index is 1.71. The number of carbonyl (C=O) groups is 1. The van der Waals surface area contributed by atoms with Gasteiger partial charge in [0.1, 0.15) is 0 Å². The van der Waals surface area contributed by atoms with Gasteiger partial charge >= 0.3 is 6.18 Å². The Labute approximate surface area is 168 Å². The van der Waals surface area contributed by atoms with Crippen LogP contribution in [0.1, 0.15) is 23.1 Å². The second-order valence-corrected chi connectivity index (χ2v) is 7.41. The van der Waals surface area contributed by atoms with Crippen LogP contribution in [0.2, 0.25) is 0 Å². The Morgan fingerprint density at radius 3 is 2.41 bits per heavy atom. The van der Waals surface area contributed by atoms with E-state index < -0.39 is 17.5 Å². The maximum absolute atomic E-state index is 14.0. The molecule has 156 valence electrons. The molecule has 0 aliphatic carbocycles. The lowest BCUT2D eigenvalue weighted by molar-refractivity contribution is -0.218. The molecule has 2 aromatic carbocycles. The van der Waals surface area contributed by atoms with Crippen LogP contribution in [0, 0.1) is 5.41 Å². The van der Waals surface area contributed by atoms with Gasteiger partial charge in [0.2, 0.25) is 5.91 Å². The molecule has 3 rings (SSSR count). The Bertz CT molecular complexity index is 826. The first kappa shape index (κ1) is 21.3. The van der Waals surface area contributed by atoms with Gasteiger partial charge in [0.05, 0.1) is 6.61 Å². The van der Waals surface area contributed by atoms with Crippen molar-refractivity contribution in [3.8, 4) is 0 Å². The first-order valence-electron chi connectivity index (χ1n) is 9.53. The zero-order valence-electron chi connectivity index (χ0n) is 16.3. The molecule has 0 bridgehead atoms. The summed E-state index contributed by atoms with van der Waals surface area (Å²) in [5, 5.41) is 2.53. The Morgan fingerprint density at radius 1 is 1.10 bits per heavy atom. The molecule has 29 heavy (non-hydrogen) atoms. The maximum Gasteiger partial charge on any atom is 0.404 e. The highest BCUT2D eigenvalue weighted by Crippen LogP contribution is 2.46. The summed E-state index contributed by atoms with van der Waals surface area (Å²) in [6.07, 6.45) is -4.86. The van der Waals surface area contributed by atoms with E-state index in [2.05, 4.69) is 5.32 Å². The summed E-state index contributed by atoms with van der Waals surface area (Å²) in [6.45, 7) is 0.651. The fourth-order valence-electron chi connectivity index (χ4n) is 3.78. The largest absolute Gasteiger partial charge is 0.404 e. The molecule has 2 aromatic rings. The minimum absolute atomic E-state index is 0.0366. The van der Waals surface area contributed by atoms with Gasteiger partial charge in [-0.25, -0.2) is 0 Å². The van der Waals surface area contributed by atoms with Crippen LogP contribution in [-0.4, -0.2) is 37.2 Å². The summed E-state index contributed by atoms with van der Waals surface area (Å²) < 4.78 is 47.1. The van der Waals surface area contributed by atoms with E-state index in [1.807, 2.05) is 42.5 Å². The topological polar surface area (TPSA) is 41.6 Å². The van der Waals surface area contributed by atoms with E-state index in [1.54, 1.807) is 24.1 Å². The number of carbonyl (C=O) groups excluding carboxylic acids is 1. The van der Waals surface area contributed by atoms with Gasteiger partial charge in [0, 0.05) is 26.7 Å². The molecule has 1 unspecified atom stereocenters. The van der Waals surface area contributed by atoms with Gasteiger partial charge in [-0.15, -0.1) is 0 Å². The molecule has 4 nitrogen and oxygen atoms in total. The molecule has 1 atom stereocenters. The number of methoxy groups -OCH3 is 1. The molecule has 1 fully saturated rings.